The summed E-state index contributed by atoms with van der Waals surface area (Å²) in [6, 6.07) is 10.6. The van der Waals surface area contributed by atoms with Gasteiger partial charge in [-0.2, -0.15) is 0 Å². The van der Waals surface area contributed by atoms with E-state index in [1.54, 1.807) is 0 Å². The second kappa shape index (κ2) is 7.79. The molecular weight excluding hydrogens is 242 g/mol. The molecular formula is C14H23N3S. The van der Waals surface area contributed by atoms with Gasteiger partial charge in [0.25, 0.3) is 0 Å². The average molecular weight is 265 g/mol. The molecule has 1 aliphatic rings. The van der Waals surface area contributed by atoms with Gasteiger partial charge in [-0.15, -0.1) is 11.8 Å². The summed E-state index contributed by atoms with van der Waals surface area (Å²) >= 11 is 1.95. The minimum absolute atomic E-state index is 0.782. The molecule has 0 amide bonds. The summed E-state index contributed by atoms with van der Waals surface area (Å²) in [5.41, 5.74) is 5.58. The highest BCUT2D eigenvalue weighted by Crippen LogP contribution is 2.17. The number of piperazine rings is 1. The van der Waals surface area contributed by atoms with E-state index in [0.717, 1.165) is 13.1 Å². The second-order valence-corrected chi connectivity index (χ2v) is 5.80. The first kappa shape index (κ1) is 13.9. The van der Waals surface area contributed by atoms with Gasteiger partial charge in [-0.1, -0.05) is 18.2 Å². The molecule has 1 aromatic carbocycles. The average Bonchev–Trinajstić information content (AvgIpc) is 2.42. The maximum atomic E-state index is 5.58. The lowest BCUT2D eigenvalue weighted by Crippen LogP contribution is -2.48. The molecule has 0 bridgehead atoms. The molecule has 18 heavy (non-hydrogen) atoms. The maximum absolute atomic E-state index is 5.58. The Balaban J connectivity index is 1.61. The minimum atomic E-state index is 0.782. The van der Waals surface area contributed by atoms with Crippen LogP contribution >= 0.6 is 11.8 Å². The Morgan fingerprint density at radius 2 is 1.56 bits per heavy atom. The van der Waals surface area contributed by atoms with Gasteiger partial charge in [-0.25, -0.2) is 0 Å². The molecule has 0 radical (unpaired) electrons. The number of benzene rings is 1. The summed E-state index contributed by atoms with van der Waals surface area (Å²) in [5, 5.41) is 0. The zero-order chi connectivity index (χ0) is 12.6. The van der Waals surface area contributed by atoms with Crippen LogP contribution in [0.4, 0.5) is 0 Å². The zero-order valence-electron chi connectivity index (χ0n) is 10.9. The molecule has 1 aromatic rings. The van der Waals surface area contributed by atoms with E-state index in [9.17, 15) is 0 Å². The van der Waals surface area contributed by atoms with Crippen molar-refractivity contribution in [2.75, 3.05) is 51.6 Å². The number of thioether (sulfide) groups is 1. The van der Waals surface area contributed by atoms with E-state index in [2.05, 4.69) is 40.1 Å². The van der Waals surface area contributed by atoms with Crippen LogP contribution in [-0.4, -0.2) is 61.4 Å². The molecule has 0 saturated carbocycles. The quantitative estimate of drug-likeness (QED) is 0.787. The molecule has 0 aromatic heterocycles. The summed E-state index contributed by atoms with van der Waals surface area (Å²) < 4.78 is 0. The number of hydrogen-bond donors (Lipinski definition) is 1. The Hall–Kier alpha value is -0.550. The van der Waals surface area contributed by atoms with Crippen molar-refractivity contribution >= 4 is 11.8 Å². The Bertz CT molecular complexity index is 323. The zero-order valence-corrected chi connectivity index (χ0v) is 11.7. The van der Waals surface area contributed by atoms with Crippen molar-refractivity contribution in [3.63, 3.8) is 0 Å². The molecule has 1 saturated heterocycles. The van der Waals surface area contributed by atoms with Gasteiger partial charge in [0.15, 0.2) is 0 Å². The van der Waals surface area contributed by atoms with Crippen LogP contribution < -0.4 is 5.73 Å². The minimum Gasteiger partial charge on any atom is -0.329 e. The van der Waals surface area contributed by atoms with Gasteiger partial charge >= 0.3 is 0 Å². The molecule has 1 fully saturated rings. The third kappa shape index (κ3) is 4.61. The molecule has 0 atom stereocenters. The normalized spacial score (nSPS) is 18.1. The van der Waals surface area contributed by atoms with Gasteiger partial charge in [0.2, 0.25) is 0 Å². The Morgan fingerprint density at radius 3 is 2.17 bits per heavy atom. The van der Waals surface area contributed by atoms with E-state index in [0.29, 0.717) is 0 Å². The Labute approximate surface area is 114 Å². The fourth-order valence-corrected chi connectivity index (χ4v) is 3.16. The van der Waals surface area contributed by atoms with Gasteiger partial charge in [0.1, 0.15) is 0 Å². The molecule has 0 unspecified atom stereocenters. The van der Waals surface area contributed by atoms with Crippen molar-refractivity contribution < 1.29 is 0 Å². The molecule has 4 heteroatoms. The third-order valence-electron chi connectivity index (χ3n) is 3.33. The Morgan fingerprint density at radius 1 is 0.944 bits per heavy atom. The molecule has 2 rings (SSSR count). The van der Waals surface area contributed by atoms with Crippen molar-refractivity contribution in [1.29, 1.82) is 0 Å². The molecule has 0 spiro atoms. The molecule has 3 nitrogen and oxygen atoms in total. The van der Waals surface area contributed by atoms with Gasteiger partial charge in [0, 0.05) is 56.5 Å². The van der Waals surface area contributed by atoms with E-state index in [1.807, 2.05) is 11.8 Å². The molecule has 0 aliphatic carbocycles. The molecule has 1 aliphatic heterocycles. The highest BCUT2D eigenvalue weighted by atomic mass is 32.2. The number of nitrogens with zero attached hydrogens (tertiary/aromatic N) is 2. The number of nitrogens with two attached hydrogens (primary N) is 1. The number of rotatable bonds is 6. The van der Waals surface area contributed by atoms with Gasteiger partial charge in [-0.05, 0) is 12.1 Å². The third-order valence-corrected chi connectivity index (χ3v) is 4.32. The lowest BCUT2D eigenvalue weighted by Gasteiger charge is -2.34. The van der Waals surface area contributed by atoms with Crippen LogP contribution in [0.1, 0.15) is 0 Å². The van der Waals surface area contributed by atoms with Gasteiger partial charge in [-0.3, -0.25) is 9.80 Å². The molecule has 100 valence electrons. The van der Waals surface area contributed by atoms with Crippen molar-refractivity contribution in [2.24, 2.45) is 5.73 Å². The van der Waals surface area contributed by atoms with Crippen LogP contribution in [0.3, 0.4) is 0 Å². The largest absolute Gasteiger partial charge is 0.329 e. The van der Waals surface area contributed by atoms with Crippen LogP contribution in [0.5, 0.6) is 0 Å². The lowest BCUT2D eigenvalue weighted by atomic mass is 10.3. The SMILES string of the molecule is NCCN1CCN(CCSc2ccccc2)CC1. The Kier molecular flexibility index (Phi) is 6.00. The van der Waals surface area contributed by atoms with Crippen molar-refractivity contribution in [3.8, 4) is 0 Å². The van der Waals surface area contributed by atoms with Crippen molar-refractivity contribution in [1.82, 2.24) is 9.80 Å². The molecule has 1 heterocycles. The number of hydrogen-bond acceptors (Lipinski definition) is 4. The maximum Gasteiger partial charge on any atom is 0.0110 e. The van der Waals surface area contributed by atoms with E-state index in [4.69, 9.17) is 5.73 Å². The van der Waals surface area contributed by atoms with Crippen LogP contribution in [0, 0.1) is 0 Å². The summed E-state index contributed by atoms with van der Waals surface area (Å²) in [4.78, 5) is 6.39. The summed E-state index contributed by atoms with van der Waals surface area (Å²) in [7, 11) is 0. The van der Waals surface area contributed by atoms with Gasteiger partial charge < -0.3 is 5.73 Å². The summed E-state index contributed by atoms with van der Waals surface area (Å²) in [6.45, 7) is 7.75. The first-order valence-electron chi connectivity index (χ1n) is 6.71. The van der Waals surface area contributed by atoms with Crippen LogP contribution in [0.25, 0.3) is 0 Å². The van der Waals surface area contributed by atoms with Crippen molar-refractivity contribution in [2.45, 2.75) is 4.90 Å². The standard InChI is InChI=1S/C14H23N3S/c15-6-7-16-8-10-17(11-9-16)12-13-18-14-4-2-1-3-5-14/h1-5H,6-13,15H2. The van der Waals surface area contributed by atoms with E-state index >= 15 is 0 Å². The first-order valence-corrected chi connectivity index (χ1v) is 7.69. The topological polar surface area (TPSA) is 32.5 Å². The summed E-state index contributed by atoms with van der Waals surface area (Å²) in [6.07, 6.45) is 0. The van der Waals surface area contributed by atoms with Crippen LogP contribution in [0.2, 0.25) is 0 Å². The fraction of sp³-hybridized carbons (Fsp3) is 0.571. The van der Waals surface area contributed by atoms with E-state index in [1.165, 1.54) is 43.4 Å². The monoisotopic (exact) mass is 265 g/mol. The smallest absolute Gasteiger partial charge is 0.0110 e. The molecule has 2 N–H and O–H groups in total. The lowest BCUT2D eigenvalue weighted by molar-refractivity contribution is 0.141. The predicted octanol–water partition coefficient (Wildman–Crippen LogP) is 1.35. The van der Waals surface area contributed by atoms with Crippen molar-refractivity contribution in [3.05, 3.63) is 30.3 Å². The van der Waals surface area contributed by atoms with Crippen LogP contribution in [0.15, 0.2) is 35.2 Å². The second-order valence-electron chi connectivity index (χ2n) is 4.63. The highest BCUT2D eigenvalue weighted by Gasteiger charge is 2.15. The summed E-state index contributed by atoms with van der Waals surface area (Å²) in [5.74, 6) is 1.18. The van der Waals surface area contributed by atoms with E-state index in [-0.39, 0.29) is 0 Å². The van der Waals surface area contributed by atoms with Gasteiger partial charge in [0.05, 0.1) is 0 Å². The van der Waals surface area contributed by atoms with Crippen LogP contribution in [-0.2, 0) is 0 Å². The van der Waals surface area contributed by atoms with E-state index < -0.39 is 0 Å². The first-order chi connectivity index (χ1) is 8.88. The fourth-order valence-electron chi connectivity index (χ4n) is 2.23. The highest BCUT2D eigenvalue weighted by molar-refractivity contribution is 7.99. The predicted molar refractivity (Wildman–Crippen MR) is 79.1 cm³/mol.